The number of carbonyl (C=O) groups excluding carboxylic acids is 1. The molecule has 10 heteroatoms. The van der Waals surface area contributed by atoms with Crippen molar-refractivity contribution in [1.29, 1.82) is 0 Å². The van der Waals surface area contributed by atoms with Crippen molar-refractivity contribution in [2.45, 2.75) is 26.1 Å². The molecule has 0 fully saturated rings. The van der Waals surface area contributed by atoms with Gasteiger partial charge < -0.3 is 10.1 Å². The lowest BCUT2D eigenvalue weighted by Gasteiger charge is -2.11. The first-order valence-corrected chi connectivity index (χ1v) is 8.61. The van der Waals surface area contributed by atoms with E-state index in [-0.39, 0.29) is 28.1 Å². The number of carbonyl (C=O) groups is 1. The summed E-state index contributed by atoms with van der Waals surface area (Å²) in [6, 6.07) is 7.05. The number of nitrogens with zero attached hydrogens (tertiary/aromatic N) is 3. The Morgan fingerprint density at radius 2 is 2.00 bits per heavy atom. The van der Waals surface area contributed by atoms with Gasteiger partial charge in [-0.25, -0.2) is 9.50 Å². The van der Waals surface area contributed by atoms with Gasteiger partial charge in [0.15, 0.2) is 17.0 Å². The molecule has 2 aromatic heterocycles. The molecule has 0 aliphatic heterocycles. The summed E-state index contributed by atoms with van der Waals surface area (Å²) in [4.78, 5) is 16.5. The molecule has 0 spiro atoms. The molecule has 3 aromatic rings. The van der Waals surface area contributed by atoms with Crippen LogP contribution in [0.3, 0.4) is 0 Å². The first-order valence-electron chi connectivity index (χ1n) is 8.23. The van der Waals surface area contributed by atoms with Gasteiger partial charge in [-0.1, -0.05) is 23.7 Å². The highest BCUT2D eigenvalue weighted by molar-refractivity contribution is 6.36. The molecule has 2 heterocycles. The van der Waals surface area contributed by atoms with Crippen LogP contribution in [0.4, 0.5) is 13.2 Å². The van der Waals surface area contributed by atoms with Crippen molar-refractivity contribution in [3.8, 4) is 17.0 Å². The third-order valence-electron chi connectivity index (χ3n) is 3.82. The van der Waals surface area contributed by atoms with E-state index in [4.69, 9.17) is 16.3 Å². The minimum absolute atomic E-state index is 0.0244. The summed E-state index contributed by atoms with van der Waals surface area (Å²) < 4.78 is 46.6. The molecule has 0 atom stereocenters. The summed E-state index contributed by atoms with van der Waals surface area (Å²) in [6.45, 7) is 3.42. The lowest BCUT2D eigenvalue weighted by molar-refractivity contribution is -0.142. The second kappa shape index (κ2) is 7.31. The van der Waals surface area contributed by atoms with E-state index >= 15 is 0 Å². The molecule has 1 N–H and O–H groups in total. The minimum atomic E-state index is -4.74. The van der Waals surface area contributed by atoms with Crippen LogP contribution >= 0.6 is 11.6 Å². The van der Waals surface area contributed by atoms with Gasteiger partial charge in [-0.05, 0) is 32.0 Å². The van der Waals surface area contributed by atoms with E-state index in [9.17, 15) is 18.0 Å². The van der Waals surface area contributed by atoms with Crippen molar-refractivity contribution in [2.75, 3.05) is 7.11 Å². The maximum atomic E-state index is 13.7. The predicted octanol–water partition coefficient (Wildman–Crippen LogP) is 4.22. The van der Waals surface area contributed by atoms with E-state index in [2.05, 4.69) is 15.4 Å². The Hall–Kier alpha value is -2.81. The topological polar surface area (TPSA) is 68.5 Å². The fourth-order valence-corrected chi connectivity index (χ4v) is 2.85. The molecular formula is C18H16ClF3N4O2. The summed E-state index contributed by atoms with van der Waals surface area (Å²) in [5, 5.41) is 6.07. The first-order chi connectivity index (χ1) is 13.1. The van der Waals surface area contributed by atoms with Crippen molar-refractivity contribution in [1.82, 2.24) is 19.9 Å². The summed E-state index contributed by atoms with van der Waals surface area (Å²) in [7, 11) is 1.45. The Morgan fingerprint density at radius 1 is 1.29 bits per heavy atom. The highest BCUT2D eigenvalue weighted by atomic mass is 35.5. The quantitative estimate of drug-likeness (QED) is 0.696. The van der Waals surface area contributed by atoms with E-state index in [0.717, 1.165) is 6.07 Å². The average Bonchev–Trinajstić information content (AvgIpc) is 2.96. The fourth-order valence-electron chi connectivity index (χ4n) is 2.60. The number of hydrogen-bond acceptors (Lipinski definition) is 4. The molecule has 28 heavy (non-hydrogen) atoms. The molecule has 0 saturated carbocycles. The lowest BCUT2D eigenvalue weighted by atomic mass is 10.1. The van der Waals surface area contributed by atoms with Gasteiger partial charge in [0, 0.05) is 11.6 Å². The molecule has 6 nitrogen and oxygen atoms in total. The van der Waals surface area contributed by atoms with Crippen LogP contribution in [0.15, 0.2) is 30.3 Å². The van der Waals surface area contributed by atoms with Crippen molar-refractivity contribution in [3.63, 3.8) is 0 Å². The minimum Gasteiger partial charge on any atom is -0.497 e. The summed E-state index contributed by atoms with van der Waals surface area (Å²) in [6.07, 6.45) is -4.74. The van der Waals surface area contributed by atoms with Gasteiger partial charge in [0.1, 0.15) is 10.8 Å². The first kappa shape index (κ1) is 19.9. The zero-order chi connectivity index (χ0) is 20.6. The highest BCUT2D eigenvalue weighted by Gasteiger charge is 2.36. The van der Waals surface area contributed by atoms with Crippen molar-refractivity contribution < 1.29 is 22.7 Å². The number of benzene rings is 1. The summed E-state index contributed by atoms with van der Waals surface area (Å²) in [5.41, 5.74) is -1.26. The number of nitrogens with one attached hydrogen (secondary N) is 1. The van der Waals surface area contributed by atoms with E-state index in [1.54, 1.807) is 38.1 Å². The SMILES string of the molecule is COc1cccc(-c2cc(C(F)(F)F)n3nc(C(=O)NC(C)C)c(Cl)c3n2)c1. The Balaban J connectivity index is 2.26. The fraction of sp³-hybridized carbons (Fsp3) is 0.278. The number of rotatable bonds is 4. The molecule has 148 valence electrons. The van der Waals surface area contributed by atoms with Crippen LogP contribution in [0.25, 0.3) is 16.9 Å². The zero-order valence-corrected chi connectivity index (χ0v) is 15.9. The lowest BCUT2D eigenvalue weighted by Crippen LogP contribution is -2.30. The molecule has 0 unspecified atom stereocenters. The molecule has 1 aromatic carbocycles. The van der Waals surface area contributed by atoms with Crippen LogP contribution in [0.2, 0.25) is 5.02 Å². The number of aromatic nitrogens is 3. The maximum Gasteiger partial charge on any atom is 0.433 e. The van der Waals surface area contributed by atoms with Gasteiger partial charge in [-0.3, -0.25) is 4.79 Å². The van der Waals surface area contributed by atoms with Gasteiger partial charge >= 0.3 is 6.18 Å². The van der Waals surface area contributed by atoms with Gasteiger partial charge in [0.2, 0.25) is 0 Å². The number of methoxy groups -OCH3 is 1. The predicted molar refractivity (Wildman–Crippen MR) is 97.6 cm³/mol. The average molecular weight is 413 g/mol. The monoisotopic (exact) mass is 412 g/mol. The number of hydrogen-bond donors (Lipinski definition) is 1. The van der Waals surface area contributed by atoms with Gasteiger partial charge in [0.25, 0.3) is 5.91 Å². The molecule has 1 amide bonds. The molecular weight excluding hydrogens is 397 g/mol. The molecule has 0 bridgehead atoms. The van der Waals surface area contributed by atoms with E-state index in [0.29, 0.717) is 15.8 Å². The molecule has 3 rings (SSSR count). The summed E-state index contributed by atoms with van der Waals surface area (Å²) >= 11 is 6.18. The number of alkyl halides is 3. The number of amides is 1. The van der Waals surface area contributed by atoms with Crippen LogP contribution in [0, 0.1) is 0 Å². The van der Waals surface area contributed by atoms with Crippen LogP contribution in [-0.2, 0) is 6.18 Å². The Morgan fingerprint density at radius 3 is 2.61 bits per heavy atom. The highest BCUT2D eigenvalue weighted by Crippen LogP contribution is 2.35. The van der Waals surface area contributed by atoms with Crippen LogP contribution in [-0.4, -0.2) is 33.7 Å². The number of ether oxygens (including phenoxy) is 1. The van der Waals surface area contributed by atoms with Gasteiger partial charge in [-0.15, -0.1) is 0 Å². The second-order valence-corrected chi connectivity index (χ2v) is 6.66. The van der Waals surface area contributed by atoms with E-state index in [1.165, 1.54) is 7.11 Å². The van der Waals surface area contributed by atoms with E-state index in [1.807, 2.05) is 0 Å². The smallest absolute Gasteiger partial charge is 0.433 e. The van der Waals surface area contributed by atoms with Crippen molar-refractivity contribution in [3.05, 3.63) is 46.7 Å². The summed E-state index contributed by atoms with van der Waals surface area (Å²) in [5.74, 6) is -0.217. The van der Waals surface area contributed by atoms with Gasteiger partial charge in [-0.2, -0.15) is 18.3 Å². The number of fused-ring (bicyclic) bond motifs is 1. The van der Waals surface area contributed by atoms with E-state index < -0.39 is 17.8 Å². The Labute approximate surface area is 163 Å². The van der Waals surface area contributed by atoms with Crippen LogP contribution in [0.1, 0.15) is 30.0 Å². The van der Waals surface area contributed by atoms with Crippen LogP contribution < -0.4 is 10.1 Å². The third-order valence-corrected chi connectivity index (χ3v) is 4.17. The molecule has 0 radical (unpaired) electrons. The molecule has 0 aliphatic rings. The third kappa shape index (κ3) is 3.75. The van der Waals surface area contributed by atoms with Crippen molar-refractivity contribution >= 4 is 23.2 Å². The number of halogens is 4. The molecule has 0 aliphatic carbocycles. The maximum absolute atomic E-state index is 13.7. The van der Waals surface area contributed by atoms with Gasteiger partial charge in [0.05, 0.1) is 12.8 Å². The largest absolute Gasteiger partial charge is 0.497 e. The Kier molecular flexibility index (Phi) is 5.20. The van der Waals surface area contributed by atoms with Crippen molar-refractivity contribution in [2.24, 2.45) is 0 Å². The molecule has 0 saturated heterocycles. The standard InChI is InChI=1S/C18H16ClF3N4O2/c1-9(2)23-17(27)15-14(19)16-24-12(10-5-4-6-11(7-10)28-3)8-13(18(20,21)22)26(16)25-15/h4-9H,1-3H3,(H,23,27). The van der Waals surface area contributed by atoms with Crippen LogP contribution in [0.5, 0.6) is 5.75 Å². The normalized spacial score (nSPS) is 11.9. The zero-order valence-electron chi connectivity index (χ0n) is 15.1. The second-order valence-electron chi connectivity index (χ2n) is 6.28. The Bertz CT molecular complexity index is 1050.